The van der Waals surface area contributed by atoms with Crippen LogP contribution in [-0.2, 0) is 0 Å². The number of aliphatic hydroxyl groups excluding tert-OH is 1. The first-order valence-electron chi connectivity index (χ1n) is 5.90. The van der Waals surface area contributed by atoms with Crippen LogP contribution in [-0.4, -0.2) is 17.8 Å². The summed E-state index contributed by atoms with van der Waals surface area (Å²) in [5.41, 5.74) is 5.04. The summed E-state index contributed by atoms with van der Waals surface area (Å²) in [5, 5.41) is 12.8. The van der Waals surface area contributed by atoms with Gasteiger partial charge in [0.25, 0.3) is 0 Å². The molecule has 2 N–H and O–H groups in total. The maximum atomic E-state index is 9.45. The molecule has 1 aromatic carbocycles. The summed E-state index contributed by atoms with van der Waals surface area (Å²) in [4.78, 5) is 0. The van der Waals surface area contributed by atoms with Gasteiger partial charge in [0, 0.05) is 6.04 Å². The Hall–Kier alpha value is -0.860. The van der Waals surface area contributed by atoms with Crippen LogP contribution in [0.2, 0.25) is 0 Å². The Bertz CT molecular complexity index is 358. The van der Waals surface area contributed by atoms with E-state index in [-0.39, 0.29) is 12.6 Å². The molecule has 0 bridgehead atoms. The number of hydrogen-bond donors (Lipinski definition) is 2. The molecule has 2 nitrogen and oxygen atoms in total. The Labute approximate surface area is 98.7 Å². The molecule has 0 spiro atoms. The van der Waals surface area contributed by atoms with E-state index in [1.54, 1.807) is 0 Å². The fourth-order valence-electron chi connectivity index (χ4n) is 2.00. The van der Waals surface area contributed by atoms with Gasteiger partial charge in [-0.15, -0.1) is 0 Å². The average Bonchev–Trinajstić information content (AvgIpc) is 2.20. The minimum Gasteiger partial charge on any atom is -0.394 e. The van der Waals surface area contributed by atoms with Crippen molar-refractivity contribution in [2.75, 3.05) is 6.61 Å². The molecule has 2 heteroatoms. The number of hydrogen-bond acceptors (Lipinski definition) is 2. The van der Waals surface area contributed by atoms with Crippen LogP contribution in [0.15, 0.2) is 12.1 Å². The van der Waals surface area contributed by atoms with Crippen LogP contribution in [0.5, 0.6) is 0 Å². The average molecular weight is 221 g/mol. The molecule has 0 radical (unpaired) electrons. The maximum Gasteiger partial charge on any atom is 0.0626 e. The lowest BCUT2D eigenvalue weighted by Gasteiger charge is -2.22. The molecule has 0 amide bonds. The number of rotatable bonds is 4. The molecule has 16 heavy (non-hydrogen) atoms. The Morgan fingerprint density at radius 2 is 1.62 bits per heavy atom. The molecule has 0 aliphatic heterocycles. The molecular weight excluding hydrogens is 198 g/mol. The zero-order valence-electron chi connectivity index (χ0n) is 11.0. The van der Waals surface area contributed by atoms with Crippen molar-refractivity contribution in [3.8, 4) is 0 Å². The molecule has 1 unspecified atom stereocenters. The highest BCUT2D eigenvalue weighted by Crippen LogP contribution is 2.22. The minimum absolute atomic E-state index is 0.0410. The number of aliphatic hydroxyl groups is 1. The van der Waals surface area contributed by atoms with Gasteiger partial charge in [0.15, 0.2) is 0 Å². The predicted molar refractivity (Wildman–Crippen MR) is 68.8 cm³/mol. The molecule has 90 valence electrons. The number of nitrogens with one attached hydrogen (secondary N) is 1. The van der Waals surface area contributed by atoms with E-state index in [1.807, 2.05) is 0 Å². The molecule has 0 aliphatic carbocycles. The van der Waals surface area contributed by atoms with Crippen molar-refractivity contribution in [2.45, 2.75) is 46.7 Å². The maximum absolute atomic E-state index is 9.45. The van der Waals surface area contributed by atoms with Crippen LogP contribution in [0.3, 0.4) is 0 Å². The molecule has 1 rings (SSSR count). The first kappa shape index (κ1) is 13.2. The molecule has 1 aromatic rings. The molecule has 0 aliphatic rings. The Morgan fingerprint density at radius 1 is 1.06 bits per heavy atom. The third-order valence-corrected chi connectivity index (χ3v) is 2.97. The van der Waals surface area contributed by atoms with Gasteiger partial charge in [-0.3, -0.25) is 0 Å². The van der Waals surface area contributed by atoms with Crippen molar-refractivity contribution in [3.05, 3.63) is 34.4 Å². The second-order valence-electron chi connectivity index (χ2n) is 4.85. The summed E-state index contributed by atoms with van der Waals surface area (Å²) in [5.74, 6) is 0. The van der Waals surface area contributed by atoms with E-state index in [0.717, 1.165) is 0 Å². The Morgan fingerprint density at radius 3 is 2.12 bits per heavy atom. The SMILES string of the molecule is Cc1cc(C)c(C(CO)NC(C)C)cc1C. The fourth-order valence-corrected chi connectivity index (χ4v) is 2.00. The van der Waals surface area contributed by atoms with Crippen LogP contribution in [0, 0.1) is 20.8 Å². The molecule has 0 saturated heterocycles. The molecule has 0 aromatic heterocycles. The van der Waals surface area contributed by atoms with Gasteiger partial charge in [0.05, 0.1) is 12.6 Å². The smallest absolute Gasteiger partial charge is 0.0626 e. The van der Waals surface area contributed by atoms with Crippen molar-refractivity contribution in [3.63, 3.8) is 0 Å². The minimum atomic E-state index is 0.0410. The van der Waals surface area contributed by atoms with Crippen molar-refractivity contribution >= 4 is 0 Å². The third kappa shape index (κ3) is 3.06. The van der Waals surface area contributed by atoms with Crippen LogP contribution in [0.25, 0.3) is 0 Å². The van der Waals surface area contributed by atoms with E-state index in [9.17, 15) is 5.11 Å². The summed E-state index contributed by atoms with van der Waals surface area (Å²) in [6.45, 7) is 10.7. The normalized spacial score (nSPS) is 13.2. The fraction of sp³-hybridized carbons (Fsp3) is 0.571. The predicted octanol–water partition coefficient (Wildman–Crippen LogP) is 2.64. The van der Waals surface area contributed by atoms with Crippen LogP contribution in [0.4, 0.5) is 0 Å². The molecule has 0 heterocycles. The monoisotopic (exact) mass is 221 g/mol. The second kappa shape index (κ2) is 5.46. The van der Waals surface area contributed by atoms with E-state index in [2.05, 4.69) is 52.1 Å². The lowest BCUT2D eigenvalue weighted by Crippen LogP contribution is -2.31. The van der Waals surface area contributed by atoms with E-state index < -0.39 is 0 Å². The molecule has 0 fully saturated rings. The van der Waals surface area contributed by atoms with Gasteiger partial charge >= 0.3 is 0 Å². The topological polar surface area (TPSA) is 32.3 Å². The van der Waals surface area contributed by atoms with Gasteiger partial charge in [-0.25, -0.2) is 0 Å². The molecule has 1 atom stereocenters. The van der Waals surface area contributed by atoms with E-state index in [4.69, 9.17) is 0 Å². The van der Waals surface area contributed by atoms with Crippen molar-refractivity contribution in [1.29, 1.82) is 0 Å². The lowest BCUT2D eigenvalue weighted by molar-refractivity contribution is 0.237. The van der Waals surface area contributed by atoms with Crippen molar-refractivity contribution in [1.82, 2.24) is 5.32 Å². The van der Waals surface area contributed by atoms with Crippen LogP contribution in [0.1, 0.15) is 42.1 Å². The summed E-state index contributed by atoms with van der Waals surface area (Å²) in [6.07, 6.45) is 0. The largest absolute Gasteiger partial charge is 0.394 e. The van der Waals surface area contributed by atoms with Crippen molar-refractivity contribution < 1.29 is 5.11 Å². The highest BCUT2D eigenvalue weighted by atomic mass is 16.3. The molecule has 0 saturated carbocycles. The lowest BCUT2D eigenvalue weighted by atomic mass is 9.96. The van der Waals surface area contributed by atoms with E-state index in [1.165, 1.54) is 22.3 Å². The van der Waals surface area contributed by atoms with Crippen LogP contribution >= 0.6 is 0 Å². The zero-order chi connectivity index (χ0) is 12.3. The zero-order valence-corrected chi connectivity index (χ0v) is 11.0. The third-order valence-electron chi connectivity index (χ3n) is 2.97. The first-order valence-corrected chi connectivity index (χ1v) is 5.90. The first-order chi connectivity index (χ1) is 7.45. The summed E-state index contributed by atoms with van der Waals surface area (Å²) in [7, 11) is 0. The van der Waals surface area contributed by atoms with Gasteiger partial charge in [-0.2, -0.15) is 0 Å². The summed E-state index contributed by atoms with van der Waals surface area (Å²) in [6, 6.07) is 4.79. The van der Waals surface area contributed by atoms with Gasteiger partial charge in [0.1, 0.15) is 0 Å². The molecular formula is C14H23NO. The standard InChI is InChI=1S/C14H23NO/c1-9(2)15-14(8-16)13-7-11(4)10(3)6-12(13)5/h6-7,9,14-16H,8H2,1-5H3. The van der Waals surface area contributed by atoms with E-state index >= 15 is 0 Å². The van der Waals surface area contributed by atoms with E-state index in [0.29, 0.717) is 6.04 Å². The van der Waals surface area contributed by atoms with Gasteiger partial charge < -0.3 is 10.4 Å². The second-order valence-corrected chi connectivity index (χ2v) is 4.85. The van der Waals surface area contributed by atoms with Crippen molar-refractivity contribution in [2.24, 2.45) is 0 Å². The highest BCUT2D eigenvalue weighted by Gasteiger charge is 2.14. The highest BCUT2D eigenvalue weighted by molar-refractivity contribution is 5.38. The Balaban J connectivity index is 3.05. The quantitative estimate of drug-likeness (QED) is 0.819. The summed E-state index contributed by atoms with van der Waals surface area (Å²) < 4.78 is 0. The van der Waals surface area contributed by atoms with Gasteiger partial charge in [-0.1, -0.05) is 26.0 Å². The number of benzene rings is 1. The Kier molecular flexibility index (Phi) is 4.51. The van der Waals surface area contributed by atoms with Gasteiger partial charge in [0.2, 0.25) is 0 Å². The number of aryl methyl sites for hydroxylation is 3. The van der Waals surface area contributed by atoms with Gasteiger partial charge in [-0.05, 0) is 43.0 Å². The summed E-state index contributed by atoms with van der Waals surface area (Å²) >= 11 is 0. The van der Waals surface area contributed by atoms with Crippen LogP contribution < -0.4 is 5.32 Å².